The lowest BCUT2D eigenvalue weighted by molar-refractivity contribution is -0.124. The van der Waals surface area contributed by atoms with E-state index >= 15 is 0 Å². The van der Waals surface area contributed by atoms with E-state index in [9.17, 15) is 9.59 Å². The Labute approximate surface area is 113 Å². The van der Waals surface area contributed by atoms with Crippen molar-refractivity contribution in [3.63, 3.8) is 0 Å². The first-order valence-corrected chi connectivity index (χ1v) is 6.15. The van der Waals surface area contributed by atoms with Crippen molar-refractivity contribution in [3.8, 4) is 5.75 Å². The zero-order valence-electron chi connectivity index (χ0n) is 10.1. The Bertz CT molecular complexity index is 487. The van der Waals surface area contributed by atoms with Crippen LogP contribution in [0.3, 0.4) is 0 Å². The summed E-state index contributed by atoms with van der Waals surface area (Å²) in [6, 6.07) is 3.15. The van der Waals surface area contributed by atoms with Gasteiger partial charge in [0.2, 0.25) is 0 Å². The first kappa shape index (κ1) is 14.5. The molecule has 1 atom stereocenters. The third kappa shape index (κ3) is 3.22. The fourth-order valence-electron chi connectivity index (χ4n) is 1.53. The number of nitrogens with two attached hydrogens (primary N) is 1. The summed E-state index contributed by atoms with van der Waals surface area (Å²) in [6.07, 6.45) is -0.452. The SMILES string of the molecule is CCC(Oc1c(C)cc(Br)cc1C(=O)O)C(N)=O. The molecule has 0 aliphatic carbocycles. The Balaban J connectivity index is 3.22. The second-order valence-electron chi connectivity index (χ2n) is 3.82. The summed E-state index contributed by atoms with van der Waals surface area (Å²) in [5.74, 6) is -1.55. The van der Waals surface area contributed by atoms with Gasteiger partial charge in [-0.1, -0.05) is 22.9 Å². The Kier molecular flexibility index (Phi) is 4.72. The van der Waals surface area contributed by atoms with Gasteiger partial charge >= 0.3 is 5.97 Å². The predicted octanol–water partition coefficient (Wildman–Crippen LogP) is 2.10. The number of ether oxygens (including phenoxy) is 1. The maximum atomic E-state index is 11.1. The van der Waals surface area contributed by atoms with E-state index < -0.39 is 18.0 Å². The highest BCUT2D eigenvalue weighted by atomic mass is 79.9. The number of carbonyl (C=O) groups excluding carboxylic acids is 1. The van der Waals surface area contributed by atoms with Crippen molar-refractivity contribution < 1.29 is 19.4 Å². The van der Waals surface area contributed by atoms with Crippen LogP contribution < -0.4 is 10.5 Å². The number of hydrogen-bond acceptors (Lipinski definition) is 3. The third-order valence-electron chi connectivity index (χ3n) is 2.42. The van der Waals surface area contributed by atoms with Gasteiger partial charge in [-0.15, -0.1) is 0 Å². The molecule has 0 aliphatic heterocycles. The number of benzene rings is 1. The van der Waals surface area contributed by atoms with Crippen LogP contribution in [0.4, 0.5) is 0 Å². The van der Waals surface area contributed by atoms with Crippen molar-refractivity contribution in [2.75, 3.05) is 0 Å². The third-order valence-corrected chi connectivity index (χ3v) is 2.88. The Morgan fingerprint density at radius 1 is 1.50 bits per heavy atom. The highest BCUT2D eigenvalue weighted by Crippen LogP contribution is 2.29. The summed E-state index contributed by atoms with van der Waals surface area (Å²) in [4.78, 5) is 22.3. The van der Waals surface area contributed by atoms with Crippen LogP contribution in [0.2, 0.25) is 0 Å². The molecular weight excluding hydrogens is 302 g/mol. The molecule has 3 N–H and O–H groups in total. The van der Waals surface area contributed by atoms with Gasteiger partial charge in [-0.3, -0.25) is 4.79 Å². The van der Waals surface area contributed by atoms with Crippen LogP contribution in [0.15, 0.2) is 16.6 Å². The quantitative estimate of drug-likeness (QED) is 0.870. The lowest BCUT2D eigenvalue weighted by Crippen LogP contribution is -2.33. The van der Waals surface area contributed by atoms with Gasteiger partial charge in [0, 0.05) is 4.47 Å². The van der Waals surface area contributed by atoms with Crippen molar-refractivity contribution in [1.29, 1.82) is 0 Å². The minimum atomic E-state index is -1.12. The molecule has 5 nitrogen and oxygen atoms in total. The number of primary amides is 1. The number of amides is 1. The molecule has 1 aromatic carbocycles. The molecular formula is C12H14BrNO4. The molecule has 0 aromatic heterocycles. The highest BCUT2D eigenvalue weighted by molar-refractivity contribution is 9.10. The van der Waals surface area contributed by atoms with Gasteiger partial charge in [0.15, 0.2) is 6.10 Å². The van der Waals surface area contributed by atoms with Gasteiger partial charge in [0.25, 0.3) is 5.91 Å². The second-order valence-corrected chi connectivity index (χ2v) is 4.74. The zero-order valence-corrected chi connectivity index (χ0v) is 11.7. The van der Waals surface area contributed by atoms with Crippen LogP contribution in [0.1, 0.15) is 29.3 Å². The number of rotatable bonds is 5. The van der Waals surface area contributed by atoms with Gasteiger partial charge in [0.1, 0.15) is 11.3 Å². The van der Waals surface area contributed by atoms with Crippen molar-refractivity contribution in [3.05, 3.63) is 27.7 Å². The lowest BCUT2D eigenvalue weighted by atomic mass is 10.1. The molecule has 1 aromatic rings. The van der Waals surface area contributed by atoms with Gasteiger partial charge < -0.3 is 15.6 Å². The topological polar surface area (TPSA) is 89.6 Å². The smallest absolute Gasteiger partial charge is 0.339 e. The van der Waals surface area contributed by atoms with E-state index in [0.29, 0.717) is 16.5 Å². The van der Waals surface area contributed by atoms with E-state index in [1.165, 1.54) is 6.07 Å². The molecule has 0 fully saturated rings. The number of aryl methyl sites for hydroxylation is 1. The van der Waals surface area contributed by atoms with Crippen LogP contribution in [-0.4, -0.2) is 23.1 Å². The fourth-order valence-corrected chi connectivity index (χ4v) is 2.10. The van der Waals surface area contributed by atoms with Gasteiger partial charge in [0.05, 0.1) is 0 Å². The minimum Gasteiger partial charge on any atom is -0.479 e. The van der Waals surface area contributed by atoms with Crippen LogP contribution in [0.25, 0.3) is 0 Å². The standard InChI is InChI=1S/C12H14BrNO4/c1-3-9(11(14)15)18-10-6(2)4-7(13)5-8(10)12(16)17/h4-5,9H,3H2,1-2H3,(H2,14,15)(H,16,17). The van der Waals surface area contributed by atoms with Crippen LogP contribution in [-0.2, 0) is 4.79 Å². The molecule has 0 spiro atoms. The van der Waals surface area contributed by atoms with Crippen molar-refractivity contribution in [2.45, 2.75) is 26.4 Å². The van der Waals surface area contributed by atoms with Gasteiger partial charge in [-0.2, -0.15) is 0 Å². The van der Waals surface area contributed by atoms with E-state index in [4.69, 9.17) is 15.6 Å². The van der Waals surface area contributed by atoms with E-state index in [1.54, 1.807) is 19.9 Å². The molecule has 0 aliphatic rings. The maximum Gasteiger partial charge on any atom is 0.339 e. The summed E-state index contributed by atoms with van der Waals surface area (Å²) in [6.45, 7) is 3.45. The Hall–Kier alpha value is -1.56. The van der Waals surface area contributed by atoms with Crippen molar-refractivity contribution >= 4 is 27.8 Å². The highest BCUT2D eigenvalue weighted by Gasteiger charge is 2.21. The summed E-state index contributed by atoms with van der Waals surface area (Å²) in [7, 11) is 0. The van der Waals surface area contributed by atoms with Gasteiger partial charge in [-0.25, -0.2) is 4.79 Å². The molecule has 0 saturated carbocycles. The van der Waals surface area contributed by atoms with E-state index in [-0.39, 0.29) is 11.3 Å². The monoisotopic (exact) mass is 315 g/mol. The zero-order chi connectivity index (χ0) is 13.9. The van der Waals surface area contributed by atoms with E-state index in [1.807, 2.05) is 0 Å². The lowest BCUT2D eigenvalue weighted by Gasteiger charge is -2.18. The predicted molar refractivity (Wildman–Crippen MR) is 69.7 cm³/mol. The first-order chi connectivity index (χ1) is 8.36. The minimum absolute atomic E-state index is 0.00146. The average molecular weight is 316 g/mol. The number of aromatic carboxylic acids is 1. The number of halogens is 1. The number of carboxylic acids is 1. The molecule has 0 bridgehead atoms. The van der Waals surface area contributed by atoms with Crippen LogP contribution in [0, 0.1) is 6.92 Å². The molecule has 0 radical (unpaired) electrons. The van der Waals surface area contributed by atoms with Gasteiger partial charge in [-0.05, 0) is 31.0 Å². The fraction of sp³-hybridized carbons (Fsp3) is 0.333. The molecule has 1 amide bonds. The molecule has 0 heterocycles. The van der Waals surface area contributed by atoms with Crippen LogP contribution in [0.5, 0.6) is 5.75 Å². The number of carboxylic acid groups (broad SMARTS) is 1. The Morgan fingerprint density at radius 3 is 2.56 bits per heavy atom. The molecule has 18 heavy (non-hydrogen) atoms. The molecule has 1 rings (SSSR count). The second kappa shape index (κ2) is 5.86. The molecule has 1 unspecified atom stereocenters. The normalized spacial score (nSPS) is 11.9. The van der Waals surface area contributed by atoms with Crippen LogP contribution >= 0.6 is 15.9 Å². The van der Waals surface area contributed by atoms with Crippen molar-refractivity contribution in [2.24, 2.45) is 5.73 Å². The van der Waals surface area contributed by atoms with E-state index in [0.717, 1.165) is 0 Å². The summed E-state index contributed by atoms with van der Waals surface area (Å²) in [5, 5.41) is 9.12. The van der Waals surface area contributed by atoms with E-state index in [2.05, 4.69) is 15.9 Å². The largest absolute Gasteiger partial charge is 0.479 e. The molecule has 6 heteroatoms. The Morgan fingerprint density at radius 2 is 2.11 bits per heavy atom. The summed E-state index contributed by atoms with van der Waals surface area (Å²) in [5.41, 5.74) is 5.81. The summed E-state index contributed by atoms with van der Waals surface area (Å²) < 4.78 is 6.06. The molecule has 0 saturated heterocycles. The maximum absolute atomic E-state index is 11.1. The molecule has 98 valence electrons. The first-order valence-electron chi connectivity index (χ1n) is 5.36. The average Bonchev–Trinajstić information content (AvgIpc) is 2.26. The summed E-state index contributed by atoms with van der Waals surface area (Å²) >= 11 is 3.22. The number of hydrogen-bond donors (Lipinski definition) is 2. The van der Waals surface area contributed by atoms with Crippen molar-refractivity contribution in [1.82, 2.24) is 0 Å². The number of carbonyl (C=O) groups is 2.